The number of nitrogens with zero attached hydrogens (tertiary/aromatic N) is 1. The first-order valence-electron chi connectivity index (χ1n) is 18.9. The summed E-state index contributed by atoms with van der Waals surface area (Å²) in [5, 5.41) is 20.3. The van der Waals surface area contributed by atoms with Gasteiger partial charge in [0.05, 0.1) is 12.1 Å². The lowest BCUT2D eigenvalue weighted by atomic mass is 9.78. The van der Waals surface area contributed by atoms with E-state index >= 15 is 0 Å². The summed E-state index contributed by atoms with van der Waals surface area (Å²) in [6.45, 7) is 0. The molecule has 1 spiro atoms. The third-order valence-corrected chi connectivity index (χ3v) is 11.7. The van der Waals surface area contributed by atoms with Gasteiger partial charge in [-0.25, -0.2) is 4.79 Å². The normalized spacial score (nSPS) is 22.0. The SMILES string of the molecule is O=C(NC1CC1)C(=O)C(CC1CC2(CCCCC2)NC1=O)NC(=O)[C@H](CC1CCCCC1)N(C(=O)O)C(Cc1cccc(Cl)c1)c1ccccc1. The third-order valence-electron chi connectivity index (χ3n) is 11.5. The number of rotatable bonds is 14. The molecule has 0 bridgehead atoms. The van der Waals surface area contributed by atoms with Crippen molar-refractivity contribution in [2.24, 2.45) is 11.8 Å². The molecule has 1 aliphatic heterocycles. The molecular formula is C40H51ClN4O6. The van der Waals surface area contributed by atoms with Crippen molar-refractivity contribution in [2.45, 2.75) is 132 Å². The zero-order valence-corrected chi connectivity index (χ0v) is 30.0. The number of Topliss-reactive ketones (excluding diaryl/α,β-unsaturated/α-hetero) is 1. The van der Waals surface area contributed by atoms with E-state index in [-0.39, 0.29) is 42.7 Å². The Bertz CT molecular complexity index is 1570. The second kappa shape index (κ2) is 16.6. The van der Waals surface area contributed by atoms with Crippen molar-refractivity contribution in [3.8, 4) is 0 Å². The fraction of sp³-hybridized carbons (Fsp3) is 0.575. The second-order valence-electron chi connectivity index (χ2n) is 15.3. The van der Waals surface area contributed by atoms with Crippen molar-refractivity contribution in [1.29, 1.82) is 0 Å². The highest BCUT2D eigenvalue weighted by atomic mass is 35.5. The van der Waals surface area contributed by atoms with Gasteiger partial charge in [-0.1, -0.05) is 105 Å². The smallest absolute Gasteiger partial charge is 0.408 e. The van der Waals surface area contributed by atoms with Crippen LogP contribution in [0.25, 0.3) is 0 Å². The van der Waals surface area contributed by atoms with Crippen molar-refractivity contribution in [3.05, 3.63) is 70.7 Å². The molecule has 274 valence electrons. The fourth-order valence-electron chi connectivity index (χ4n) is 8.66. The quantitative estimate of drug-likeness (QED) is 0.164. The van der Waals surface area contributed by atoms with Crippen molar-refractivity contribution < 1.29 is 29.1 Å². The molecule has 3 saturated carbocycles. The Morgan fingerprint density at radius 1 is 0.902 bits per heavy atom. The van der Waals surface area contributed by atoms with Gasteiger partial charge in [-0.05, 0) is 80.5 Å². The molecular weight excluding hydrogens is 668 g/mol. The van der Waals surface area contributed by atoms with E-state index in [0.717, 1.165) is 88.2 Å². The molecule has 10 nitrogen and oxygen atoms in total. The lowest BCUT2D eigenvalue weighted by Gasteiger charge is -2.38. The summed E-state index contributed by atoms with van der Waals surface area (Å²) in [7, 11) is 0. The first kappa shape index (κ1) is 36.9. The van der Waals surface area contributed by atoms with Crippen molar-refractivity contribution in [3.63, 3.8) is 0 Å². The van der Waals surface area contributed by atoms with Gasteiger partial charge in [-0.2, -0.15) is 0 Å². The van der Waals surface area contributed by atoms with E-state index in [1.807, 2.05) is 42.5 Å². The van der Waals surface area contributed by atoms with E-state index in [2.05, 4.69) is 16.0 Å². The molecule has 4 amide bonds. The molecule has 6 rings (SSSR count). The van der Waals surface area contributed by atoms with Crippen LogP contribution in [0.15, 0.2) is 54.6 Å². The lowest BCUT2D eigenvalue weighted by Crippen LogP contribution is -2.56. The van der Waals surface area contributed by atoms with Gasteiger partial charge in [0, 0.05) is 22.5 Å². The number of hydrogen-bond acceptors (Lipinski definition) is 5. The largest absolute Gasteiger partial charge is 0.465 e. The summed E-state index contributed by atoms with van der Waals surface area (Å²) in [5.74, 6) is -2.82. The molecule has 1 saturated heterocycles. The zero-order chi connectivity index (χ0) is 36.0. The molecule has 0 radical (unpaired) electrons. The van der Waals surface area contributed by atoms with Gasteiger partial charge in [0.1, 0.15) is 6.04 Å². The molecule has 0 aromatic heterocycles. The van der Waals surface area contributed by atoms with Gasteiger partial charge in [0.25, 0.3) is 5.91 Å². The number of carbonyl (C=O) groups is 5. The van der Waals surface area contributed by atoms with Crippen LogP contribution in [0.1, 0.15) is 113 Å². The molecule has 3 unspecified atom stereocenters. The summed E-state index contributed by atoms with van der Waals surface area (Å²) in [4.78, 5) is 69.8. The van der Waals surface area contributed by atoms with Gasteiger partial charge in [-0.15, -0.1) is 0 Å². The highest BCUT2D eigenvalue weighted by molar-refractivity contribution is 6.38. The molecule has 2 aromatic rings. The van der Waals surface area contributed by atoms with Gasteiger partial charge >= 0.3 is 6.09 Å². The zero-order valence-electron chi connectivity index (χ0n) is 29.3. The summed E-state index contributed by atoms with van der Waals surface area (Å²) in [6, 6.07) is 13.3. The first-order chi connectivity index (χ1) is 24.6. The fourth-order valence-corrected chi connectivity index (χ4v) is 8.87. The van der Waals surface area contributed by atoms with Crippen LogP contribution < -0.4 is 16.0 Å². The molecule has 11 heteroatoms. The molecule has 2 aromatic carbocycles. The number of nitrogens with one attached hydrogen (secondary N) is 3. The van der Waals surface area contributed by atoms with E-state index in [4.69, 9.17) is 11.6 Å². The van der Waals surface area contributed by atoms with Crippen LogP contribution in [-0.2, 0) is 25.6 Å². The van der Waals surface area contributed by atoms with E-state index in [9.17, 15) is 29.1 Å². The van der Waals surface area contributed by atoms with E-state index < -0.39 is 47.7 Å². The molecule has 3 aliphatic carbocycles. The Morgan fingerprint density at radius 3 is 2.27 bits per heavy atom. The average Bonchev–Trinajstić information content (AvgIpc) is 3.89. The molecule has 4 N–H and O–H groups in total. The maximum atomic E-state index is 14.7. The number of benzene rings is 2. The number of ketones is 1. The summed E-state index contributed by atoms with van der Waals surface area (Å²) in [6.07, 6.45) is 11.1. The van der Waals surface area contributed by atoms with Gasteiger partial charge in [-0.3, -0.25) is 24.1 Å². The number of halogens is 1. The van der Waals surface area contributed by atoms with Crippen LogP contribution in [0.4, 0.5) is 4.79 Å². The van der Waals surface area contributed by atoms with Gasteiger partial charge < -0.3 is 21.1 Å². The summed E-state index contributed by atoms with van der Waals surface area (Å²) < 4.78 is 0. The van der Waals surface area contributed by atoms with Gasteiger partial charge in [0.2, 0.25) is 17.6 Å². The molecule has 1 heterocycles. The summed E-state index contributed by atoms with van der Waals surface area (Å²) >= 11 is 6.35. The predicted molar refractivity (Wildman–Crippen MR) is 194 cm³/mol. The maximum Gasteiger partial charge on any atom is 0.408 e. The van der Waals surface area contributed by atoms with Crippen LogP contribution in [-0.4, -0.2) is 63.3 Å². The Balaban J connectivity index is 1.32. The number of hydrogen-bond donors (Lipinski definition) is 4. The minimum Gasteiger partial charge on any atom is -0.465 e. The van der Waals surface area contributed by atoms with Gasteiger partial charge in [0.15, 0.2) is 0 Å². The summed E-state index contributed by atoms with van der Waals surface area (Å²) in [5.41, 5.74) is 1.21. The minimum atomic E-state index is -1.28. The lowest BCUT2D eigenvalue weighted by molar-refractivity contribution is -0.141. The molecule has 4 atom stereocenters. The second-order valence-corrected chi connectivity index (χ2v) is 15.8. The number of carboxylic acid groups (broad SMARTS) is 1. The minimum absolute atomic E-state index is 0.0237. The van der Waals surface area contributed by atoms with Crippen molar-refractivity contribution in [1.82, 2.24) is 20.9 Å². The highest BCUT2D eigenvalue weighted by Gasteiger charge is 2.47. The van der Waals surface area contributed by atoms with E-state index in [1.165, 1.54) is 4.90 Å². The van der Waals surface area contributed by atoms with Crippen LogP contribution >= 0.6 is 11.6 Å². The van der Waals surface area contributed by atoms with Crippen molar-refractivity contribution >= 4 is 41.2 Å². The topological polar surface area (TPSA) is 145 Å². The number of amides is 4. The Hall–Kier alpha value is -3.92. The predicted octanol–water partition coefficient (Wildman–Crippen LogP) is 6.50. The van der Waals surface area contributed by atoms with Crippen LogP contribution in [0, 0.1) is 11.8 Å². The van der Waals surface area contributed by atoms with Crippen LogP contribution in [0.3, 0.4) is 0 Å². The average molecular weight is 719 g/mol. The molecule has 51 heavy (non-hydrogen) atoms. The van der Waals surface area contributed by atoms with Crippen molar-refractivity contribution in [2.75, 3.05) is 0 Å². The van der Waals surface area contributed by atoms with Crippen LogP contribution in [0.2, 0.25) is 5.02 Å². The standard InChI is InChI=1S/C40H51ClN4O6/c41-30-16-10-13-27(21-30)23-33(28-14-6-2-7-15-28)45(39(50)51)34(22-26-11-4-1-5-12-26)37(48)43-32(35(46)38(49)42-31-17-18-31)24-29-25-40(44-36(29)47)19-8-3-9-20-40/h2,6-7,10,13-16,21,26,29,31-34H,1,3-5,8-9,11-12,17-20,22-25H2,(H,42,49)(H,43,48)(H,44,47)(H,50,51)/t29?,32?,33?,34-/m0/s1. The van der Waals surface area contributed by atoms with E-state index in [0.29, 0.717) is 11.4 Å². The number of carbonyl (C=O) groups excluding carboxylic acids is 4. The first-order valence-corrected chi connectivity index (χ1v) is 19.3. The molecule has 4 aliphatic rings. The van der Waals surface area contributed by atoms with Crippen LogP contribution in [0.5, 0.6) is 0 Å². The maximum absolute atomic E-state index is 14.7. The highest BCUT2D eigenvalue weighted by Crippen LogP contribution is 2.40. The Kier molecular flexibility index (Phi) is 12.0. The molecule has 4 fully saturated rings. The third kappa shape index (κ3) is 9.50. The Labute approximate surface area is 305 Å². The van der Waals surface area contributed by atoms with E-state index in [1.54, 1.807) is 12.1 Å². The monoisotopic (exact) mass is 718 g/mol. The Morgan fingerprint density at radius 2 is 1.61 bits per heavy atom.